The van der Waals surface area contributed by atoms with Crippen LogP contribution in [0, 0.1) is 6.92 Å². The number of thiazole rings is 1. The summed E-state index contributed by atoms with van der Waals surface area (Å²) < 4.78 is 0. The molecule has 1 aromatic carbocycles. The minimum absolute atomic E-state index is 0. The Morgan fingerprint density at radius 3 is 2.65 bits per heavy atom. The summed E-state index contributed by atoms with van der Waals surface area (Å²) in [5, 5.41) is 10.4. The average molecular weight is 487 g/mol. The molecule has 142 valence electrons. The van der Waals surface area contributed by atoms with Crippen LogP contribution in [0.5, 0.6) is 0 Å². The Morgan fingerprint density at radius 2 is 2.00 bits per heavy atom. The lowest BCUT2D eigenvalue weighted by Crippen LogP contribution is -2.36. The maximum absolute atomic E-state index is 12.0. The van der Waals surface area contributed by atoms with Gasteiger partial charge in [0.1, 0.15) is 5.01 Å². The minimum Gasteiger partial charge on any atom is -0.352 e. The third-order valence-electron chi connectivity index (χ3n) is 3.48. The van der Waals surface area contributed by atoms with E-state index in [0.717, 1.165) is 17.0 Å². The molecular weight excluding hydrogens is 461 g/mol. The summed E-state index contributed by atoms with van der Waals surface area (Å²) in [4.78, 5) is 21.8. The number of hydrogen-bond donors (Lipinski definition) is 3. The molecule has 2 rings (SSSR count). The summed E-state index contributed by atoms with van der Waals surface area (Å²) in [6.07, 6.45) is 2.79. The first-order valence-corrected chi connectivity index (χ1v) is 9.17. The summed E-state index contributed by atoms with van der Waals surface area (Å²) >= 11 is 1.67. The van der Waals surface area contributed by atoms with Gasteiger partial charge in [0, 0.05) is 36.8 Å². The first-order valence-electron chi connectivity index (χ1n) is 8.35. The molecule has 0 unspecified atom stereocenters. The Morgan fingerprint density at radius 1 is 1.23 bits per heavy atom. The fraction of sp³-hybridized carbons (Fsp3) is 0.389. The number of guanidine groups is 1. The van der Waals surface area contributed by atoms with Gasteiger partial charge >= 0.3 is 0 Å². The van der Waals surface area contributed by atoms with E-state index in [1.54, 1.807) is 18.4 Å². The van der Waals surface area contributed by atoms with Crippen LogP contribution in [0.25, 0.3) is 0 Å². The zero-order chi connectivity index (χ0) is 18.1. The molecular formula is C18H26IN5OS. The van der Waals surface area contributed by atoms with Gasteiger partial charge in [-0.25, -0.2) is 4.98 Å². The fourth-order valence-corrected chi connectivity index (χ4v) is 2.94. The number of halogens is 1. The van der Waals surface area contributed by atoms with Crippen molar-refractivity contribution in [3.05, 3.63) is 51.5 Å². The molecule has 0 aliphatic heterocycles. The van der Waals surface area contributed by atoms with Gasteiger partial charge in [-0.2, -0.15) is 0 Å². The molecule has 26 heavy (non-hydrogen) atoms. The number of benzene rings is 1. The third-order valence-corrected chi connectivity index (χ3v) is 4.40. The number of aromatic nitrogens is 1. The molecule has 0 saturated heterocycles. The summed E-state index contributed by atoms with van der Waals surface area (Å²) in [5.74, 6) is 0.666. The van der Waals surface area contributed by atoms with Crippen molar-refractivity contribution in [1.29, 1.82) is 0 Å². The van der Waals surface area contributed by atoms with Gasteiger partial charge in [-0.3, -0.25) is 9.79 Å². The Balaban J connectivity index is 0.00000338. The molecule has 0 bridgehead atoms. The standard InChI is InChI=1S/C18H25N5OS.HI/c1-4-8-20-17(24)15-7-5-6-14(9-15)11-22-18(19-3)23-12-16-21-10-13(2)25-16;/h5-7,9-10H,4,8,11-12H2,1-3H3,(H,20,24)(H2,19,22,23);1H. The highest BCUT2D eigenvalue weighted by Crippen LogP contribution is 2.10. The molecule has 2 aromatic rings. The molecule has 0 spiro atoms. The van der Waals surface area contributed by atoms with E-state index < -0.39 is 0 Å². The lowest BCUT2D eigenvalue weighted by Gasteiger charge is -2.11. The summed E-state index contributed by atoms with van der Waals surface area (Å²) in [6.45, 7) is 5.99. The van der Waals surface area contributed by atoms with E-state index in [-0.39, 0.29) is 29.9 Å². The van der Waals surface area contributed by atoms with Crippen molar-refractivity contribution in [1.82, 2.24) is 20.9 Å². The predicted molar refractivity (Wildman–Crippen MR) is 118 cm³/mol. The monoisotopic (exact) mass is 487 g/mol. The van der Waals surface area contributed by atoms with E-state index in [2.05, 4.69) is 25.9 Å². The lowest BCUT2D eigenvalue weighted by molar-refractivity contribution is 0.0953. The maximum atomic E-state index is 12.0. The first kappa shape index (κ1) is 22.4. The van der Waals surface area contributed by atoms with Gasteiger partial charge < -0.3 is 16.0 Å². The minimum atomic E-state index is -0.0367. The molecule has 0 atom stereocenters. The lowest BCUT2D eigenvalue weighted by atomic mass is 10.1. The number of aryl methyl sites for hydroxylation is 1. The molecule has 0 fully saturated rings. The van der Waals surface area contributed by atoms with Gasteiger partial charge in [0.25, 0.3) is 5.91 Å². The van der Waals surface area contributed by atoms with Gasteiger partial charge in [0.05, 0.1) is 6.54 Å². The number of nitrogens with zero attached hydrogens (tertiary/aromatic N) is 2. The highest BCUT2D eigenvalue weighted by molar-refractivity contribution is 14.0. The molecule has 3 N–H and O–H groups in total. The van der Waals surface area contributed by atoms with Gasteiger partial charge in [0.15, 0.2) is 5.96 Å². The van der Waals surface area contributed by atoms with Crippen molar-refractivity contribution in [3.8, 4) is 0 Å². The number of hydrogen-bond acceptors (Lipinski definition) is 4. The normalized spacial score (nSPS) is 10.8. The van der Waals surface area contributed by atoms with Gasteiger partial charge in [0.2, 0.25) is 0 Å². The zero-order valence-electron chi connectivity index (χ0n) is 15.3. The van der Waals surface area contributed by atoms with Crippen LogP contribution in [-0.4, -0.2) is 30.4 Å². The molecule has 0 radical (unpaired) electrons. The molecule has 0 aliphatic rings. The van der Waals surface area contributed by atoms with E-state index in [9.17, 15) is 4.79 Å². The van der Waals surface area contributed by atoms with Crippen molar-refractivity contribution >= 4 is 47.2 Å². The molecule has 1 heterocycles. The predicted octanol–water partition coefficient (Wildman–Crippen LogP) is 3.07. The number of amides is 1. The molecule has 0 saturated carbocycles. The molecule has 0 aliphatic carbocycles. The quantitative estimate of drug-likeness (QED) is 0.319. The van der Waals surface area contributed by atoms with E-state index in [4.69, 9.17) is 0 Å². The maximum Gasteiger partial charge on any atom is 0.251 e. The highest BCUT2D eigenvalue weighted by Gasteiger charge is 2.06. The first-order chi connectivity index (χ1) is 12.1. The molecule has 1 amide bonds. The van der Waals surface area contributed by atoms with Crippen molar-refractivity contribution in [2.75, 3.05) is 13.6 Å². The number of aliphatic imine (C=N–C) groups is 1. The van der Waals surface area contributed by atoms with Gasteiger partial charge in [-0.1, -0.05) is 19.1 Å². The number of carbonyl (C=O) groups is 1. The van der Waals surface area contributed by atoms with E-state index >= 15 is 0 Å². The molecule has 6 nitrogen and oxygen atoms in total. The Bertz CT molecular complexity index is 732. The largest absolute Gasteiger partial charge is 0.352 e. The average Bonchev–Trinajstić information content (AvgIpc) is 3.05. The molecule has 8 heteroatoms. The van der Waals surface area contributed by atoms with Crippen LogP contribution in [0.1, 0.15) is 39.2 Å². The van der Waals surface area contributed by atoms with Crippen LogP contribution in [0.15, 0.2) is 35.5 Å². The summed E-state index contributed by atoms with van der Waals surface area (Å²) in [6, 6.07) is 7.61. The number of carbonyl (C=O) groups excluding carboxylic acids is 1. The van der Waals surface area contributed by atoms with Gasteiger partial charge in [-0.05, 0) is 31.0 Å². The third kappa shape index (κ3) is 7.28. The second-order valence-electron chi connectivity index (χ2n) is 5.60. The van der Waals surface area contributed by atoms with E-state index in [1.807, 2.05) is 44.3 Å². The summed E-state index contributed by atoms with van der Waals surface area (Å²) in [5.41, 5.74) is 1.70. The topological polar surface area (TPSA) is 78.4 Å². The van der Waals surface area contributed by atoms with Crippen LogP contribution < -0.4 is 16.0 Å². The van der Waals surface area contributed by atoms with Crippen molar-refractivity contribution in [3.63, 3.8) is 0 Å². The van der Waals surface area contributed by atoms with E-state index in [1.165, 1.54) is 4.88 Å². The van der Waals surface area contributed by atoms with Gasteiger partial charge in [-0.15, -0.1) is 35.3 Å². The second-order valence-corrected chi connectivity index (χ2v) is 6.92. The van der Waals surface area contributed by atoms with Crippen LogP contribution in [0.3, 0.4) is 0 Å². The van der Waals surface area contributed by atoms with Crippen LogP contribution in [0.4, 0.5) is 0 Å². The van der Waals surface area contributed by atoms with Crippen molar-refractivity contribution in [2.24, 2.45) is 4.99 Å². The second kappa shape index (κ2) is 11.8. The zero-order valence-corrected chi connectivity index (χ0v) is 18.5. The smallest absolute Gasteiger partial charge is 0.251 e. The Hall–Kier alpha value is -1.68. The SMILES string of the molecule is CCCNC(=O)c1cccc(CNC(=NC)NCc2ncc(C)s2)c1.I. The van der Waals surface area contributed by atoms with Crippen molar-refractivity contribution in [2.45, 2.75) is 33.4 Å². The summed E-state index contributed by atoms with van der Waals surface area (Å²) in [7, 11) is 1.73. The fourth-order valence-electron chi connectivity index (χ4n) is 2.21. The molecule has 1 aromatic heterocycles. The number of rotatable bonds is 7. The van der Waals surface area contributed by atoms with E-state index in [0.29, 0.717) is 31.2 Å². The number of nitrogens with one attached hydrogen (secondary N) is 3. The van der Waals surface area contributed by atoms with Crippen LogP contribution >= 0.6 is 35.3 Å². The van der Waals surface area contributed by atoms with Crippen LogP contribution in [0.2, 0.25) is 0 Å². The van der Waals surface area contributed by atoms with Crippen LogP contribution in [-0.2, 0) is 13.1 Å². The highest BCUT2D eigenvalue weighted by atomic mass is 127. The Labute approximate surface area is 175 Å². The van der Waals surface area contributed by atoms with Crippen molar-refractivity contribution < 1.29 is 4.79 Å². The Kier molecular flexibility index (Phi) is 10.2.